The second kappa shape index (κ2) is 3.18. The summed E-state index contributed by atoms with van der Waals surface area (Å²) in [6, 6.07) is 5.67. The Labute approximate surface area is 76.2 Å². The van der Waals surface area contributed by atoms with E-state index in [1.807, 2.05) is 18.2 Å². The fourth-order valence-corrected chi connectivity index (χ4v) is 1.38. The van der Waals surface area contributed by atoms with Gasteiger partial charge in [-0.1, -0.05) is 6.07 Å². The molecule has 0 aromatic heterocycles. The molecule has 0 amide bonds. The van der Waals surface area contributed by atoms with E-state index in [1.165, 1.54) is 0 Å². The average Bonchev–Trinajstić information content (AvgIpc) is 2.49. The Morgan fingerprint density at radius 1 is 1.54 bits per heavy atom. The normalized spacial score (nSPS) is 13.6. The Balaban J connectivity index is 2.25. The molecule has 1 aromatic carbocycles. The van der Waals surface area contributed by atoms with Crippen LogP contribution in [0, 0.1) is 0 Å². The van der Waals surface area contributed by atoms with Crippen molar-refractivity contribution in [2.24, 2.45) is 0 Å². The lowest BCUT2D eigenvalue weighted by atomic mass is 10.1. The molecule has 0 unspecified atom stereocenters. The van der Waals surface area contributed by atoms with E-state index in [1.54, 1.807) is 6.92 Å². The first kappa shape index (κ1) is 8.26. The van der Waals surface area contributed by atoms with Crippen LogP contribution in [-0.4, -0.2) is 5.78 Å². The maximum atomic E-state index is 10.9. The molecule has 0 bridgehead atoms. The van der Waals surface area contributed by atoms with Gasteiger partial charge in [-0.3, -0.25) is 4.79 Å². The van der Waals surface area contributed by atoms with Crippen molar-refractivity contribution in [2.75, 3.05) is 0 Å². The second-order valence-corrected chi connectivity index (χ2v) is 3.17. The summed E-state index contributed by atoms with van der Waals surface area (Å²) >= 11 is 0. The zero-order valence-corrected chi connectivity index (χ0v) is 7.37. The van der Waals surface area contributed by atoms with Crippen molar-refractivity contribution in [3.63, 3.8) is 0 Å². The number of hydrogen-bond donors (Lipinski definition) is 0. The van der Waals surface area contributed by atoms with Crippen LogP contribution in [-0.2, 0) is 22.7 Å². The molecule has 0 N–H and O–H groups in total. The first-order valence-corrected chi connectivity index (χ1v) is 4.16. The highest BCUT2D eigenvalue weighted by Crippen LogP contribution is 2.26. The van der Waals surface area contributed by atoms with Crippen molar-refractivity contribution in [1.29, 1.82) is 0 Å². The molecule has 0 fully saturated rings. The summed E-state index contributed by atoms with van der Waals surface area (Å²) in [5.41, 5.74) is 2.03. The lowest BCUT2D eigenvalue weighted by molar-refractivity contribution is -0.194. The molecule has 2 rings (SSSR count). The maximum Gasteiger partial charge on any atom is 0.171 e. The van der Waals surface area contributed by atoms with E-state index in [-0.39, 0.29) is 5.78 Å². The van der Waals surface area contributed by atoms with Crippen molar-refractivity contribution in [3.8, 4) is 5.75 Å². The standard InChI is InChI=1S/C10H10O3/c1-7(11)4-8-2-3-10-9(5-8)6-12-13-10/h2-3,5H,4,6H2,1H3. The van der Waals surface area contributed by atoms with Crippen molar-refractivity contribution >= 4 is 5.78 Å². The largest absolute Gasteiger partial charge is 0.337 e. The summed E-state index contributed by atoms with van der Waals surface area (Å²) in [5, 5.41) is 0. The van der Waals surface area contributed by atoms with Gasteiger partial charge in [-0.15, -0.1) is 0 Å². The summed E-state index contributed by atoms with van der Waals surface area (Å²) in [6.45, 7) is 2.06. The number of ketones is 1. The van der Waals surface area contributed by atoms with Crippen LogP contribution in [0.5, 0.6) is 5.75 Å². The Bertz CT molecular complexity index is 344. The van der Waals surface area contributed by atoms with Crippen LogP contribution in [0.15, 0.2) is 18.2 Å². The Morgan fingerprint density at radius 3 is 3.15 bits per heavy atom. The molecule has 1 heterocycles. The number of benzene rings is 1. The lowest BCUT2D eigenvalue weighted by Crippen LogP contribution is -1.96. The van der Waals surface area contributed by atoms with Crippen LogP contribution in [0.25, 0.3) is 0 Å². The Hall–Kier alpha value is -1.35. The predicted molar refractivity (Wildman–Crippen MR) is 46.2 cm³/mol. The van der Waals surface area contributed by atoms with Gasteiger partial charge in [0.25, 0.3) is 0 Å². The molecule has 3 nitrogen and oxygen atoms in total. The van der Waals surface area contributed by atoms with Crippen LogP contribution in [0.4, 0.5) is 0 Å². The fourth-order valence-electron chi connectivity index (χ4n) is 1.38. The number of carbonyl (C=O) groups is 1. The number of Topliss-reactive ketones (excluding diaryl/α,β-unsaturated/α-hetero) is 1. The molecule has 0 spiro atoms. The molecule has 0 saturated carbocycles. The average molecular weight is 178 g/mol. The minimum absolute atomic E-state index is 0.166. The summed E-state index contributed by atoms with van der Waals surface area (Å²) in [7, 11) is 0. The van der Waals surface area contributed by atoms with E-state index < -0.39 is 0 Å². The number of rotatable bonds is 2. The second-order valence-electron chi connectivity index (χ2n) is 3.17. The van der Waals surface area contributed by atoms with Crippen molar-refractivity contribution < 1.29 is 14.6 Å². The summed E-state index contributed by atoms with van der Waals surface area (Å²) in [4.78, 5) is 20.5. The molecule has 0 aliphatic carbocycles. The van der Waals surface area contributed by atoms with Crippen LogP contribution < -0.4 is 4.89 Å². The lowest BCUT2D eigenvalue weighted by Gasteiger charge is -1.99. The summed E-state index contributed by atoms with van der Waals surface area (Å²) < 4.78 is 0. The fraction of sp³-hybridized carbons (Fsp3) is 0.300. The van der Waals surface area contributed by atoms with Crippen molar-refractivity contribution in [1.82, 2.24) is 0 Å². The SMILES string of the molecule is CC(=O)Cc1ccc2c(c1)COO2. The van der Waals surface area contributed by atoms with Gasteiger partial charge in [0.05, 0.1) is 0 Å². The van der Waals surface area contributed by atoms with Crippen LogP contribution >= 0.6 is 0 Å². The van der Waals surface area contributed by atoms with E-state index in [9.17, 15) is 4.79 Å². The number of fused-ring (bicyclic) bond motifs is 1. The van der Waals surface area contributed by atoms with E-state index in [2.05, 4.69) is 0 Å². The number of carbonyl (C=O) groups excluding carboxylic acids is 1. The molecule has 0 atom stereocenters. The summed E-state index contributed by atoms with van der Waals surface area (Å²) in [5.74, 6) is 0.923. The molecule has 1 aliphatic heterocycles. The first-order chi connectivity index (χ1) is 6.25. The Kier molecular flexibility index (Phi) is 2.02. The van der Waals surface area contributed by atoms with Gasteiger partial charge in [0, 0.05) is 12.0 Å². The van der Waals surface area contributed by atoms with Gasteiger partial charge in [-0.25, -0.2) is 0 Å². The van der Waals surface area contributed by atoms with E-state index in [4.69, 9.17) is 9.78 Å². The number of hydrogen-bond acceptors (Lipinski definition) is 3. The van der Waals surface area contributed by atoms with Gasteiger partial charge >= 0.3 is 0 Å². The van der Waals surface area contributed by atoms with Gasteiger partial charge in [-0.2, -0.15) is 4.89 Å². The van der Waals surface area contributed by atoms with Crippen LogP contribution in [0.1, 0.15) is 18.1 Å². The zero-order valence-electron chi connectivity index (χ0n) is 7.37. The van der Waals surface area contributed by atoms with Crippen molar-refractivity contribution in [2.45, 2.75) is 20.0 Å². The molecule has 0 saturated heterocycles. The molecule has 0 radical (unpaired) electrons. The molecule has 13 heavy (non-hydrogen) atoms. The van der Waals surface area contributed by atoms with E-state index >= 15 is 0 Å². The van der Waals surface area contributed by atoms with E-state index in [0.717, 1.165) is 16.9 Å². The minimum atomic E-state index is 0.166. The van der Waals surface area contributed by atoms with Crippen molar-refractivity contribution in [3.05, 3.63) is 29.3 Å². The van der Waals surface area contributed by atoms with E-state index in [0.29, 0.717) is 13.0 Å². The molecule has 68 valence electrons. The highest BCUT2D eigenvalue weighted by molar-refractivity contribution is 5.78. The van der Waals surface area contributed by atoms with Gasteiger partial charge < -0.3 is 4.89 Å². The molecule has 1 aliphatic rings. The summed E-state index contributed by atoms with van der Waals surface area (Å²) in [6.07, 6.45) is 0.479. The van der Waals surface area contributed by atoms with Gasteiger partial charge in [0.1, 0.15) is 12.4 Å². The monoisotopic (exact) mass is 178 g/mol. The highest BCUT2D eigenvalue weighted by Gasteiger charge is 2.13. The van der Waals surface area contributed by atoms with Gasteiger partial charge in [-0.05, 0) is 24.6 Å². The highest BCUT2D eigenvalue weighted by atomic mass is 17.2. The molecule has 3 heteroatoms. The molecular formula is C10H10O3. The van der Waals surface area contributed by atoms with Gasteiger partial charge in [0.15, 0.2) is 5.75 Å². The first-order valence-electron chi connectivity index (χ1n) is 4.16. The molecule has 1 aromatic rings. The third-order valence-corrected chi connectivity index (χ3v) is 1.94. The zero-order chi connectivity index (χ0) is 9.26. The minimum Gasteiger partial charge on any atom is -0.337 e. The quantitative estimate of drug-likeness (QED) is 0.646. The van der Waals surface area contributed by atoms with Crippen LogP contribution in [0.3, 0.4) is 0 Å². The predicted octanol–water partition coefficient (Wildman–Crippen LogP) is 1.64. The van der Waals surface area contributed by atoms with Crippen LogP contribution in [0.2, 0.25) is 0 Å². The van der Waals surface area contributed by atoms with Gasteiger partial charge in [0.2, 0.25) is 0 Å². The Morgan fingerprint density at radius 2 is 2.38 bits per heavy atom. The smallest absolute Gasteiger partial charge is 0.171 e. The maximum absolute atomic E-state index is 10.9. The topological polar surface area (TPSA) is 35.5 Å². The third kappa shape index (κ3) is 1.70. The molecular weight excluding hydrogens is 168 g/mol. The third-order valence-electron chi connectivity index (χ3n) is 1.94.